The number of aromatic nitrogens is 3. The van der Waals surface area contributed by atoms with Crippen molar-refractivity contribution in [3.05, 3.63) is 82.1 Å². The summed E-state index contributed by atoms with van der Waals surface area (Å²) in [6.07, 6.45) is 1.43. The van der Waals surface area contributed by atoms with Crippen LogP contribution in [0, 0.1) is 10.1 Å². The minimum atomic E-state index is -0.484. The van der Waals surface area contributed by atoms with Crippen LogP contribution in [0.3, 0.4) is 0 Å². The van der Waals surface area contributed by atoms with Gasteiger partial charge in [0.1, 0.15) is 17.3 Å². The molecule has 2 aromatic heterocycles. The molecule has 12 heteroatoms. The molecular formula is C24H24N8O4. The molecule has 0 aliphatic heterocycles. The van der Waals surface area contributed by atoms with E-state index in [-0.39, 0.29) is 11.6 Å². The minimum Gasteiger partial charge on any atom is -0.497 e. The van der Waals surface area contributed by atoms with Crippen molar-refractivity contribution in [1.29, 1.82) is 0 Å². The molecule has 12 nitrogen and oxygen atoms in total. The van der Waals surface area contributed by atoms with Gasteiger partial charge in [-0.15, -0.1) is 0 Å². The van der Waals surface area contributed by atoms with Crippen molar-refractivity contribution in [1.82, 2.24) is 15.0 Å². The Bertz CT molecular complexity index is 1370. The molecule has 36 heavy (non-hydrogen) atoms. The van der Waals surface area contributed by atoms with Crippen molar-refractivity contribution in [3.63, 3.8) is 0 Å². The van der Waals surface area contributed by atoms with Gasteiger partial charge in [0, 0.05) is 20.6 Å². The molecule has 2 aromatic carbocycles. The molecule has 0 aliphatic carbocycles. The van der Waals surface area contributed by atoms with E-state index in [9.17, 15) is 10.1 Å². The number of hydrazone groups is 1. The van der Waals surface area contributed by atoms with Crippen molar-refractivity contribution in [3.8, 4) is 17.1 Å². The monoisotopic (exact) mass is 488 g/mol. The Morgan fingerprint density at radius 2 is 1.86 bits per heavy atom. The van der Waals surface area contributed by atoms with Crippen LogP contribution in [0.15, 0.2) is 70.2 Å². The Morgan fingerprint density at radius 3 is 2.58 bits per heavy atom. The molecule has 2 heterocycles. The van der Waals surface area contributed by atoms with E-state index in [0.717, 1.165) is 5.56 Å². The summed E-state index contributed by atoms with van der Waals surface area (Å²) in [6, 6.07) is 17.7. The fourth-order valence-corrected chi connectivity index (χ4v) is 3.19. The number of nitro groups is 1. The van der Waals surface area contributed by atoms with Crippen molar-refractivity contribution in [2.45, 2.75) is 6.54 Å². The van der Waals surface area contributed by atoms with Crippen LogP contribution in [0.2, 0.25) is 0 Å². The quantitative estimate of drug-likeness (QED) is 0.189. The largest absolute Gasteiger partial charge is 0.497 e. The molecule has 0 fully saturated rings. The molecule has 0 aliphatic rings. The molecule has 0 saturated carbocycles. The normalized spacial score (nSPS) is 10.9. The van der Waals surface area contributed by atoms with Gasteiger partial charge in [0.05, 0.1) is 29.9 Å². The highest BCUT2D eigenvalue weighted by Gasteiger charge is 2.19. The number of ether oxygens (including phenoxy) is 1. The zero-order chi connectivity index (χ0) is 25.5. The number of methoxy groups -OCH3 is 1. The van der Waals surface area contributed by atoms with Gasteiger partial charge in [-0.2, -0.15) is 20.1 Å². The van der Waals surface area contributed by atoms with Gasteiger partial charge in [0.2, 0.25) is 17.8 Å². The zero-order valence-electron chi connectivity index (χ0n) is 19.9. The van der Waals surface area contributed by atoms with Crippen LogP contribution < -0.4 is 20.4 Å². The molecule has 0 unspecified atom stereocenters. The molecule has 4 aromatic rings. The predicted octanol–water partition coefficient (Wildman–Crippen LogP) is 4.17. The second-order valence-corrected chi connectivity index (χ2v) is 7.73. The third-order valence-corrected chi connectivity index (χ3v) is 4.97. The van der Waals surface area contributed by atoms with Gasteiger partial charge in [-0.05, 0) is 29.8 Å². The first kappa shape index (κ1) is 24.1. The smallest absolute Gasteiger partial charge is 0.284 e. The summed E-state index contributed by atoms with van der Waals surface area (Å²) in [5.74, 6) is 2.17. The van der Waals surface area contributed by atoms with Crippen LogP contribution in [0.4, 0.5) is 23.5 Å². The molecule has 0 radical (unpaired) electrons. The van der Waals surface area contributed by atoms with Crippen molar-refractivity contribution < 1.29 is 14.1 Å². The van der Waals surface area contributed by atoms with Gasteiger partial charge in [-0.3, -0.25) is 10.1 Å². The average Bonchev–Trinajstić information content (AvgIpc) is 3.36. The maximum atomic E-state index is 11.5. The van der Waals surface area contributed by atoms with E-state index in [1.54, 1.807) is 29.2 Å². The standard InChI is InChI=1S/C24H24N8O4/c1-31(2)24-28-22(25-14-16-7-5-4-6-8-16)27-23(29-24)30-26-15-18-10-12-21(36-18)19-11-9-17(35-3)13-20(19)32(33)34/h4-13,15H,14H2,1-3H3,(H2,25,27,28,29,30)/b26-15-. The number of anilines is 3. The molecule has 0 saturated heterocycles. The number of nitrogens with zero attached hydrogens (tertiary/aromatic N) is 6. The first-order chi connectivity index (χ1) is 17.4. The summed E-state index contributed by atoms with van der Waals surface area (Å²) in [7, 11) is 5.10. The Kier molecular flexibility index (Phi) is 7.34. The number of hydrogen-bond acceptors (Lipinski definition) is 11. The van der Waals surface area contributed by atoms with Crippen LogP contribution in [0.1, 0.15) is 11.3 Å². The number of rotatable bonds is 10. The molecule has 184 valence electrons. The maximum Gasteiger partial charge on any atom is 0.284 e. The van der Waals surface area contributed by atoms with E-state index in [0.29, 0.717) is 41.3 Å². The van der Waals surface area contributed by atoms with E-state index in [2.05, 4.69) is 30.8 Å². The van der Waals surface area contributed by atoms with E-state index in [1.165, 1.54) is 19.4 Å². The van der Waals surface area contributed by atoms with E-state index < -0.39 is 4.92 Å². The molecule has 0 amide bonds. The maximum absolute atomic E-state index is 11.5. The summed E-state index contributed by atoms with van der Waals surface area (Å²) >= 11 is 0. The third-order valence-electron chi connectivity index (χ3n) is 4.97. The first-order valence-corrected chi connectivity index (χ1v) is 10.9. The number of hydrogen-bond donors (Lipinski definition) is 2. The molecular weight excluding hydrogens is 464 g/mol. The Balaban J connectivity index is 1.48. The van der Waals surface area contributed by atoms with E-state index in [1.807, 2.05) is 44.4 Å². The van der Waals surface area contributed by atoms with Gasteiger partial charge >= 0.3 is 0 Å². The fraction of sp³-hybridized carbons (Fsp3) is 0.167. The zero-order valence-corrected chi connectivity index (χ0v) is 19.9. The van der Waals surface area contributed by atoms with Crippen molar-refractivity contribution >= 4 is 29.7 Å². The molecule has 4 rings (SSSR count). The highest BCUT2D eigenvalue weighted by Crippen LogP contribution is 2.33. The Morgan fingerprint density at radius 1 is 1.08 bits per heavy atom. The van der Waals surface area contributed by atoms with Gasteiger partial charge in [0.25, 0.3) is 5.69 Å². The molecule has 0 bridgehead atoms. The Hall–Kier alpha value is -5.00. The van der Waals surface area contributed by atoms with Crippen LogP contribution in [0.25, 0.3) is 11.3 Å². The predicted molar refractivity (Wildman–Crippen MR) is 136 cm³/mol. The lowest BCUT2D eigenvalue weighted by atomic mass is 10.1. The first-order valence-electron chi connectivity index (χ1n) is 10.9. The second kappa shape index (κ2) is 11.0. The third kappa shape index (κ3) is 5.91. The summed E-state index contributed by atoms with van der Waals surface area (Å²) in [6.45, 7) is 0.549. The topological polar surface area (TPSA) is 144 Å². The van der Waals surface area contributed by atoms with Crippen molar-refractivity contribution in [2.75, 3.05) is 36.8 Å². The number of benzene rings is 2. The van der Waals surface area contributed by atoms with Crippen LogP contribution in [-0.2, 0) is 6.54 Å². The van der Waals surface area contributed by atoms with E-state index in [4.69, 9.17) is 9.15 Å². The summed E-state index contributed by atoms with van der Waals surface area (Å²) in [5, 5.41) is 18.8. The lowest BCUT2D eigenvalue weighted by Gasteiger charge is -2.13. The summed E-state index contributed by atoms with van der Waals surface area (Å²) < 4.78 is 10.8. The SMILES string of the molecule is COc1ccc(-c2ccc(/C=N\Nc3nc(NCc4ccccc4)nc(N(C)C)n3)o2)c([N+](=O)[O-])c1. The van der Waals surface area contributed by atoms with Crippen LogP contribution in [-0.4, -0.2) is 47.3 Å². The van der Waals surface area contributed by atoms with Crippen molar-refractivity contribution in [2.24, 2.45) is 5.10 Å². The number of nitrogens with one attached hydrogen (secondary N) is 2. The second-order valence-electron chi connectivity index (χ2n) is 7.73. The minimum absolute atomic E-state index is 0.123. The van der Waals surface area contributed by atoms with E-state index >= 15 is 0 Å². The highest BCUT2D eigenvalue weighted by molar-refractivity contribution is 5.79. The highest BCUT2D eigenvalue weighted by atomic mass is 16.6. The lowest BCUT2D eigenvalue weighted by molar-refractivity contribution is -0.384. The van der Waals surface area contributed by atoms with Crippen LogP contribution in [0.5, 0.6) is 5.75 Å². The summed E-state index contributed by atoms with van der Waals surface area (Å²) in [5.41, 5.74) is 4.07. The molecule has 0 atom stereocenters. The van der Waals surface area contributed by atoms with Gasteiger partial charge in [0.15, 0.2) is 0 Å². The number of furan rings is 1. The van der Waals surface area contributed by atoms with Gasteiger partial charge in [-0.25, -0.2) is 5.43 Å². The summed E-state index contributed by atoms with van der Waals surface area (Å²) in [4.78, 5) is 25.8. The van der Waals surface area contributed by atoms with Gasteiger partial charge < -0.3 is 19.4 Å². The lowest BCUT2D eigenvalue weighted by Crippen LogP contribution is -2.16. The van der Waals surface area contributed by atoms with Gasteiger partial charge in [-0.1, -0.05) is 30.3 Å². The molecule has 2 N–H and O–H groups in total. The fourth-order valence-electron chi connectivity index (χ4n) is 3.19. The number of nitro benzene ring substituents is 1. The Labute approximate surface area is 206 Å². The van der Waals surface area contributed by atoms with Crippen LogP contribution >= 0.6 is 0 Å². The molecule has 0 spiro atoms. The average molecular weight is 489 g/mol.